The molecular formula is C13H20N2O2S. The van der Waals surface area contributed by atoms with Crippen molar-refractivity contribution in [3.05, 3.63) is 16.3 Å². The van der Waals surface area contributed by atoms with Gasteiger partial charge in [-0.25, -0.2) is 0 Å². The fraction of sp³-hybridized carbons (Fsp3) is 0.615. The molecule has 1 aromatic heterocycles. The third-order valence-corrected chi connectivity index (χ3v) is 4.67. The van der Waals surface area contributed by atoms with Crippen molar-refractivity contribution in [2.24, 2.45) is 11.7 Å². The lowest BCUT2D eigenvalue weighted by Gasteiger charge is -2.29. The number of nitrogens with zero attached hydrogens (tertiary/aromatic N) is 1. The number of thiophene rings is 1. The Morgan fingerprint density at radius 2 is 2.39 bits per heavy atom. The largest absolute Gasteiger partial charge is 0.495 e. The molecule has 1 saturated carbocycles. The van der Waals surface area contributed by atoms with E-state index in [2.05, 4.69) is 0 Å². The lowest BCUT2D eigenvalue weighted by Crippen LogP contribution is -2.41. The molecule has 0 spiro atoms. The maximum atomic E-state index is 12.4. The van der Waals surface area contributed by atoms with Crippen LogP contribution in [0.25, 0.3) is 0 Å². The molecule has 2 atom stereocenters. The number of hydrogen-bond donors (Lipinski definition) is 1. The van der Waals surface area contributed by atoms with Crippen molar-refractivity contribution >= 4 is 17.2 Å². The summed E-state index contributed by atoms with van der Waals surface area (Å²) in [4.78, 5) is 15.0. The van der Waals surface area contributed by atoms with Gasteiger partial charge in [0.25, 0.3) is 5.91 Å². The van der Waals surface area contributed by atoms with E-state index < -0.39 is 0 Å². The minimum Gasteiger partial charge on any atom is -0.495 e. The van der Waals surface area contributed by atoms with E-state index in [-0.39, 0.29) is 11.9 Å². The van der Waals surface area contributed by atoms with Crippen molar-refractivity contribution in [3.63, 3.8) is 0 Å². The van der Waals surface area contributed by atoms with Crippen molar-refractivity contribution in [2.75, 3.05) is 20.7 Å². The van der Waals surface area contributed by atoms with E-state index in [4.69, 9.17) is 10.5 Å². The minimum absolute atomic E-state index is 0.0483. The molecule has 1 aliphatic carbocycles. The Bertz CT molecular complexity index is 419. The Balaban J connectivity index is 2.13. The maximum Gasteiger partial charge on any atom is 0.267 e. The Morgan fingerprint density at radius 1 is 1.61 bits per heavy atom. The van der Waals surface area contributed by atoms with Crippen LogP contribution in [0.3, 0.4) is 0 Å². The molecule has 2 unspecified atom stereocenters. The van der Waals surface area contributed by atoms with Gasteiger partial charge in [-0.15, -0.1) is 11.3 Å². The molecule has 18 heavy (non-hydrogen) atoms. The summed E-state index contributed by atoms with van der Waals surface area (Å²) in [5.41, 5.74) is 5.78. The van der Waals surface area contributed by atoms with Crippen LogP contribution in [-0.2, 0) is 0 Å². The van der Waals surface area contributed by atoms with Gasteiger partial charge in [-0.05, 0) is 36.8 Å². The first kappa shape index (κ1) is 13.4. The Hall–Kier alpha value is -1.07. The molecule has 1 amide bonds. The average Bonchev–Trinajstić information content (AvgIpc) is 3.04. The van der Waals surface area contributed by atoms with Crippen LogP contribution in [0, 0.1) is 5.92 Å². The highest BCUT2D eigenvalue weighted by molar-refractivity contribution is 7.12. The normalized spacial score (nSPS) is 23.1. The van der Waals surface area contributed by atoms with E-state index in [0.717, 1.165) is 19.3 Å². The van der Waals surface area contributed by atoms with Crippen LogP contribution >= 0.6 is 11.3 Å². The lowest BCUT2D eigenvalue weighted by molar-refractivity contribution is 0.0702. The molecule has 1 heterocycles. The van der Waals surface area contributed by atoms with Gasteiger partial charge in [0.05, 0.1) is 7.11 Å². The van der Waals surface area contributed by atoms with E-state index in [0.29, 0.717) is 23.1 Å². The molecule has 0 aliphatic heterocycles. The van der Waals surface area contributed by atoms with Gasteiger partial charge in [0.1, 0.15) is 10.6 Å². The Kier molecular flexibility index (Phi) is 4.24. The van der Waals surface area contributed by atoms with Crippen LogP contribution in [0.5, 0.6) is 5.75 Å². The number of ether oxygens (including phenoxy) is 1. The number of carbonyl (C=O) groups is 1. The number of rotatable bonds is 4. The quantitative estimate of drug-likeness (QED) is 0.908. The molecule has 0 radical (unpaired) electrons. The van der Waals surface area contributed by atoms with Gasteiger partial charge < -0.3 is 15.4 Å². The zero-order chi connectivity index (χ0) is 13.1. The molecule has 1 fully saturated rings. The van der Waals surface area contributed by atoms with E-state index in [9.17, 15) is 4.79 Å². The number of carbonyl (C=O) groups excluding carboxylic acids is 1. The van der Waals surface area contributed by atoms with Gasteiger partial charge in [0.15, 0.2) is 0 Å². The number of nitrogens with two attached hydrogens (primary N) is 1. The van der Waals surface area contributed by atoms with Crippen molar-refractivity contribution in [3.8, 4) is 5.75 Å². The van der Waals surface area contributed by atoms with Crippen molar-refractivity contribution in [1.82, 2.24) is 4.90 Å². The molecule has 1 aliphatic rings. The van der Waals surface area contributed by atoms with E-state index >= 15 is 0 Å². The number of amides is 1. The first-order valence-corrected chi connectivity index (χ1v) is 7.15. The summed E-state index contributed by atoms with van der Waals surface area (Å²) in [5, 5.41) is 1.88. The summed E-state index contributed by atoms with van der Waals surface area (Å²) < 4.78 is 5.21. The number of methoxy groups -OCH3 is 1. The van der Waals surface area contributed by atoms with E-state index in [1.54, 1.807) is 7.11 Å². The Morgan fingerprint density at radius 3 is 3.06 bits per heavy atom. The SMILES string of the molecule is COc1ccsc1C(=O)N(C)C1CCCC1CN. The second-order valence-electron chi connectivity index (χ2n) is 4.73. The highest BCUT2D eigenvalue weighted by atomic mass is 32.1. The van der Waals surface area contributed by atoms with Gasteiger partial charge in [0, 0.05) is 13.1 Å². The highest BCUT2D eigenvalue weighted by Crippen LogP contribution is 2.32. The molecule has 100 valence electrons. The summed E-state index contributed by atoms with van der Waals surface area (Å²) in [7, 11) is 3.47. The highest BCUT2D eigenvalue weighted by Gasteiger charge is 2.33. The van der Waals surface area contributed by atoms with Crippen molar-refractivity contribution in [1.29, 1.82) is 0 Å². The van der Waals surface area contributed by atoms with E-state index in [1.807, 2.05) is 23.4 Å². The summed E-state index contributed by atoms with van der Waals surface area (Å²) in [6.45, 7) is 0.657. The van der Waals surface area contributed by atoms with Crippen LogP contribution < -0.4 is 10.5 Å². The molecule has 5 heteroatoms. The number of hydrogen-bond acceptors (Lipinski definition) is 4. The van der Waals surface area contributed by atoms with Gasteiger partial charge >= 0.3 is 0 Å². The molecule has 0 saturated heterocycles. The smallest absolute Gasteiger partial charge is 0.267 e. The van der Waals surface area contributed by atoms with Crippen LogP contribution in [-0.4, -0.2) is 37.6 Å². The second kappa shape index (κ2) is 5.71. The Labute approximate surface area is 112 Å². The molecule has 2 rings (SSSR count). The summed E-state index contributed by atoms with van der Waals surface area (Å²) in [6, 6.07) is 2.11. The van der Waals surface area contributed by atoms with Crippen molar-refractivity contribution in [2.45, 2.75) is 25.3 Å². The fourth-order valence-electron chi connectivity index (χ4n) is 2.73. The van der Waals surface area contributed by atoms with Crippen LogP contribution in [0.15, 0.2) is 11.4 Å². The third kappa shape index (κ3) is 2.37. The summed E-state index contributed by atoms with van der Waals surface area (Å²) in [5.74, 6) is 1.15. The molecule has 4 nitrogen and oxygen atoms in total. The average molecular weight is 268 g/mol. The fourth-order valence-corrected chi connectivity index (χ4v) is 3.57. The van der Waals surface area contributed by atoms with Gasteiger partial charge in [-0.2, -0.15) is 0 Å². The molecule has 1 aromatic rings. The zero-order valence-corrected chi connectivity index (χ0v) is 11.7. The lowest BCUT2D eigenvalue weighted by atomic mass is 10.0. The molecule has 2 N–H and O–H groups in total. The predicted octanol–water partition coefficient (Wildman–Crippen LogP) is 1.96. The summed E-state index contributed by atoms with van der Waals surface area (Å²) >= 11 is 1.43. The first-order valence-electron chi connectivity index (χ1n) is 6.27. The third-order valence-electron chi connectivity index (χ3n) is 3.78. The first-order chi connectivity index (χ1) is 8.69. The maximum absolute atomic E-state index is 12.4. The van der Waals surface area contributed by atoms with Crippen LogP contribution in [0.4, 0.5) is 0 Å². The van der Waals surface area contributed by atoms with Gasteiger partial charge in [-0.3, -0.25) is 4.79 Å². The molecular weight excluding hydrogens is 248 g/mol. The molecule has 0 aromatic carbocycles. The second-order valence-corrected chi connectivity index (χ2v) is 5.64. The predicted molar refractivity (Wildman–Crippen MR) is 73.1 cm³/mol. The van der Waals surface area contributed by atoms with Crippen LogP contribution in [0.2, 0.25) is 0 Å². The standard InChI is InChI=1S/C13H20N2O2S/c1-15(10-5-3-4-9(10)8-14)13(16)12-11(17-2)6-7-18-12/h6-7,9-10H,3-5,8,14H2,1-2H3. The topological polar surface area (TPSA) is 55.6 Å². The van der Waals surface area contributed by atoms with Crippen molar-refractivity contribution < 1.29 is 9.53 Å². The van der Waals surface area contributed by atoms with Gasteiger partial charge in [0.2, 0.25) is 0 Å². The zero-order valence-electron chi connectivity index (χ0n) is 10.9. The summed E-state index contributed by atoms with van der Waals surface area (Å²) in [6.07, 6.45) is 3.34. The molecule has 0 bridgehead atoms. The van der Waals surface area contributed by atoms with Gasteiger partial charge in [-0.1, -0.05) is 6.42 Å². The minimum atomic E-state index is 0.0483. The van der Waals surface area contributed by atoms with Crippen LogP contribution in [0.1, 0.15) is 28.9 Å². The van der Waals surface area contributed by atoms with E-state index in [1.165, 1.54) is 11.3 Å². The monoisotopic (exact) mass is 268 g/mol.